The molecule has 0 aromatic heterocycles. The van der Waals surface area contributed by atoms with Gasteiger partial charge in [-0.2, -0.15) is 0 Å². The predicted octanol–water partition coefficient (Wildman–Crippen LogP) is 2.22. The minimum atomic E-state index is -0.0964. The summed E-state index contributed by atoms with van der Waals surface area (Å²) in [4.78, 5) is 11.6. The smallest absolute Gasteiger partial charge is 0.234 e. The van der Waals surface area contributed by atoms with Crippen molar-refractivity contribution < 1.29 is 9.53 Å². The largest absolute Gasteiger partial charge is 0.489 e. The van der Waals surface area contributed by atoms with Crippen LogP contribution in [0.5, 0.6) is 5.75 Å². The molecule has 0 radical (unpaired) electrons. The molecular formula is C15H21ClN2O2. The zero-order chi connectivity index (χ0) is 14.4. The Kier molecular flexibility index (Phi) is 5.68. The van der Waals surface area contributed by atoms with E-state index < -0.39 is 0 Å². The van der Waals surface area contributed by atoms with Crippen LogP contribution in [0.4, 0.5) is 0 Å². The summed E-state index contributed by atoms with van der Waals surface area (Å²) in [7, 11) is 0. The van der Waals surface area contributed by atoms with Gasteiger partial charge in [0.2, 0.25) is 5.91 Å². The number of nitrogens with one attached hydrogen (secondary N) is 2. The lowest BCUT2D eigenvalue weighted by Gasteiger charge is -2.15. The van der Waals surface area contributed by atoms with Gasteiger partial charge in [-0.15, -0.1) is 0 Å². The third kappa shape index (κ3) is 5.80. The van der Waals surface area contributed by atoms with E-state index in [1.807, 2.05) is 19.1 Å². The second-order valence-electron chi connectivity index (χ2n) is 5.26. The highest BCUT2D eigenvalue weighted by Crippen LogP contribution is 2.27. The maximum absolute atomic E-state index is 11.6. The van der Waals surface area contributed by atoms with Crippen molar-refractivity contribution in [1.29, 1.82) is 0 Å². The quantitative estimate of drug-likeness (QED) is 0.773. The molecule has 0 spiro atoms. The normalized spacial score (nSPS) is 15.7. The fraction of sp³-hybridized carbons (Fsp3) is 0.533. The number of ether oxygens (including phenoxy) is 1. The van der Waals surface area contributed by atoms with Gasteiger partial charge in [-0.05, 0) is 50.4 Å². The number of benzene rings is 1. The molecular weight excluding hydrogens is 276 g/mol. The molecule has 0 bridgehead atoms. The molecule has 20 heavy (non-hydrogen) atoms. The van der Waals surface area contributed by atoms with Gasteiger partial charge in [0.25, 0.3) is 0 Å². The summed E-state index contributed by atoms with van der Waals surface area (Å²) in [5, 5.41) is 6.65. The Bertz CT molecular complexity index is 449. The van der Waals surface area contributed by atoms with E-state index >= 15 is 0 Å². The van der Waals surface area contributed by atoms with Crippen LogP contribution in [0.1, 0.15) is 19.8 Å². The molecule has 2 N–H and O–H groups in total. The van der Waals surface area contributed by atoms with Crippen LogP contribution in [0.3, 0.4) is 0 Å². The van der Waals surface area contributed by atoms with Crippen molar-refractivity contribution in [1.82, 2.24) is 10.6 Å². The van der Waals surface area contributed by atoms with Gasteiger partial charge in [0.1, 0.15) is 11.9 Å². The van der Waals surface area contributed by atoms with Gasteiger partial charge in [0, 0.05) is 5.02 Å². The lowest BCUT2D eigenvalue weighted by atomic mass is 10.3. The molecule has 110 valence electrons. The number of halogens is 1. The SMILES string of the molecule is CC(CNC(=O)CNCC1CC1)Oc1cccc(Cl)c1. The lowest BCUT2D eigenvalue weighted by Crippen LogP contribution is -2.39. The van der Waals surface area contributed by atoms with E-state index in [1.165, 1.54) is 12.8 Å². The Hall–Kier alpha value is -1.26. The Labute approximate surface area is 124 Å². The Morgan fingerprint density at radius 1 is 1.50 bits per heavy atom. The van der Waals surface area contributed by atoms with Crippen LogP contribution >= 0.6 is 11.6 Å². The Morgan fingerprint density at radius 2 is 2.30 bits per heavy atom. The van der Waals surface area contributed by atoms with Crippen LogP contribution in [0, 0.1) is 5.92 Å². The molecule has 1 aliphatic carbocycles. The highest BCUT2D eigenvalue weighted by atomic mass is 35.5. The van der Waals surface area contributed by atoms with Gasteiger partial charge in [-0.25, -0.2) is 0 Å². The van der Waals surface area contributed by atoms with Crippen LogP contribution in [0.2, 0.25) is 5.02 Å². The lowest BCUT2D eigenvalue weighted by molar-refractivity contribution is -0.120. The van der Waals surface area contributed by atoms with Crippen molar-refractivity contribution in [2.75, 3.05) is 19.6 Å². The van der Waals surface area contributed by atoms with Gasteiger partial charge in [0.05, 0.1) is 13.1 Å². The first-order valence-electron chi connectivity index (χ1n) is 7.03. The number of carbonyl (C=O) groups is 1. The summed E-state index contributed by atoms with van der Waals surface area (Å²) >= 11 is 5.89. The van der Waals surface area contributed by atoms with E-state index in [4.69, 9.17) is 16.3 Å². The number of hydrogen-bond donors (Lipinski definition) is 2. The van der Waals surface area contributed by atoms with Gasteiger partial charge in [0.15, 0.2) is 0 Å². The summed E-state index contributed by atoms with van der Waals surface area (Å²) in [6.07, 6.45) is 2.49. The van der Waals surface area contributed by atoms with E-state index in [2.05, 4.69) is 10.6 Å². The molecule has 1 atom stereocenters. The van der Waals surface area contributed by atoms with E-state index in [0.717, 1.165) is 12.5 Å². The highest BCUT2D eigenvalue weighted by molar-refractivity contribution is 6.30. The molecule has 1 amide bonds. The average molecular weight is 297 g/mol. The van der Waals surface area contributed by atoms with E-state index in [1.54, 1.807) is 12.1 Å². The first-order chi connectivity index (χ1) is 9.63. The predicted molar refractivity (Wildman–Crippen MR) is 80.1 cm³/mol. The van der Waals surface area contributed by atoms with Crippen molar-refractivity contribution in [3.8, 4) is 5.75 Å². The molecule has 1 aromatic carbocycles. The fourth-order valence-corrected chi connectivity index (χ4v) is 2.03. The molecule has 1 unspecified atom stereocenters. The third-order valence-corrected chi connectivity index (χ3v) is 3.37. The van der Waals surface area contributed by atoms with Crippen molar-refractivity contribution in [2.24, 2.45) is 5.92 Å². The van der Waals surface area contributed by atoms with Crippen molar-refractivity contribution in [3.05, 3.63) is 29.3 Å². The van der Waals surface area contributed by atoms with E-state index in [0.29, 0.717) is 23.9 Å². The summed E-state index contributed by atoms with van der Waals surface area (Å²) < 4.78 is 5.68. The van der Waals surface area contributed by atoms with E-state index in [-0.39, 0.29) is 12.0 Å². The highest BCUT2D eigenvalue weighted by Gasteiger charge is 2.20. The second-order valence-corrected chi connectivity index (χ2v) is 5.70. The van der Waals surface area contributed by atoms with Gasteiger partial charge < -0.3 is 15.4 Å². The van der Waals surface area contributed by atoms with E-state index in [9.17, 15) is 4.79 Å². The fourth-order valence-electron chi connectivity index (χ4n) is 1.85. The van der Waals surface area contributed by atoms with Gasteiger partial charge in [-0.3, -0.25) is 4.79 Å². The zero-order valence-electron chi connectivity index (χ0n) is 11.7. The molecule has 1 aliphatic rings. The van der Waals surface area contributed by atoms with Crippen molar-refractivity contribution in [3.63, 3.8) is 0 Å². The van der Waals surface area contributed by atoms with Gasteiger partial charge >= 0.3 is 0 Å². The maximum Gasteiger partial charge on any atom is 0.234 e. The molecule has 1 fully saturated rings. The Balaban J connectivity index is 1.61. The second kappa shape index (κ2) is 7.50. The van der Waals surface area contributed by atoms with Crippen molar-refractivity contribution >= 4 is 17.5 Å². The Morgan fingerprint density at radius 3 is 3.00 bits per heavy atom. The summed E-state index contributed by atoms with van der Waals surface area (Å²) in [6.45, 7) is 3.72. The number of amides is 1. The summed E-state index contributed by atoms with van der Waals surface area (Å²) in [5.41, 5.74) is 0. The molecule has 0 heterocycles. The first kappa shape index (κ1) is 15.1. The van der Waals surface area contributed by atoms with Gasteiger partial charge in [-0.1, -0.05) is 17.7 Å². The minimum Gasteiger partial charge on any atom is -0.489 e. The van der Waals surface area contributed by atoms with Crippen molar-refractivity contribution in [2.45, 2.75) is 25.9 Å². The molecule has 1 aromatic rings. The number of hydrogen-bond acceptors (Lipinski definition) is 3. The van der Waals surface area contributed by atoms with Crippen LogP contribution in [-0.2, 0) is 4.79 Å². The third-order valence-electron chi connectivity index (χ3n) is 3.14. The summed E-state index contributed by atoms with van der Waals surface area (Å²) in [5.74, 6) is 1.51. The molecule has 2 rings (SSSR count). The number of rotatable bonds is 8. The monoisotopic (exact) mass is 296 g/mol. The molecule has 5 heteroatoms. The molecule has 0 saturated heterocycles. The van der Waals surface area contributed by atoms with Crippen LogP contribution < -0.4 is 15.4 Å². The standard InChI is InChI=1S/C15H21ClN2O2/c1-11(20-14-4-2-3-13(16)7-14)8-18-15(19)10-17-9-12-5-6-12/h2-4,7,11-12,17H,5-6,8-10H2,1H3,(H,18,19). The first-order valence-corrected chi connectivity index (χ1v) is 7.41. The molecule has 1 saturated carbocycles. The van der Waals surface area contributed by atoms with Crippen LogP contribution in [-0.4, -0.2) is 31.6 Å². The van der Waals surface area contributed by atoms with Crippen LogP contribution in [0.25, 0.3) is 0 Å². The molecule has 0 aliphatic heterocycles. The molecule has 4 nitrogen and oxygen atoms in total. The average Bonchev–Trinajstić information content (AvgIpc) is 3.20. The minimum absolute atomic E-state index is 0.00666. The van der Waals surface area contributed by atoms with Crippen LogP contribution in [0.15, 0.2) is 24.3 Å². The zero-order valence-corrected chi connectivity index (χ0v) is 12.5. The maximum atomic E-state index is 11.6. The summed E-state index contributed by atoms with van der Waals surface area (Å²) in [6, 6.07) is 7.25. The topological polar surface area (TPSA) is 50.4 Å². The number of carbonyl (C=O) groups excluding carboxylic acids is 1.